The van der Waals surface area contributed by atoms with Crippen LogP contribution in [0.4, 0.5) is 5.69 Å². The van der Waals surface area contributed by atoms with Gasteiger partial charge in [0.2, 0.25) is 0 Å². The van der Waals surface area contributed by atoms with Crippen molar-refractivity contribution in [3.63, 3.8) is 0 Å². The van der Waals surface area contributed by atoms with Crippen molar-refractivity contribution in [2.45, 2.75) is 13.8 Å². The zero-order chi connectivity index (χ0) is 15.3. The lowest BCUT2D eigenvalue weighted by molar-refractivity contribution is 0.0697. The van der Waals surface area contributed by atoms with Crippen molar-refractivity contribution < 1.29 is 9.90 Å². The van der Waals surface area contributed by atoms with Crippen molar-refractivity contribution in [3.05, 3.63) is 28.2 Å². The Morgan fingerprint density at radius 1 is 1.30 bits per heavy atom. The summed E-state index contributed by atoms with van der Waals surface area (Å²) in [5.41, 5.74) is 1.13. The lowest BCUT2D eigenvalue weighted by Gasteiger charge is -2.29. The summed E-state index contributed by atoms with van der Waals surface area (Å²) in [7, 11) is 4.04. The molecule has 0 bridgehead atoms. The van der Waals surface area contributed by atoms with E-state index in [0.29, 0.717) is 11.5 Å². The van der Waals surface area contributed by atoms with E-state index in [9.17, 15) is 9.90 Å². The number of benzene rings is 1. The predicted octanol–water partition coefficient (Wildman–Crippen LogP) is 3.17. The minimum Gasteiger partial charge on any atom is -0.478 e. The molecule has 112 valence electrons. The zero-order valence-electron chi connectivity index (χ0n) is 12.6. The largest absolute Gasteiger partial charge is 0.478 e. The highest BCUT2D eigenvalue weighted by Gasteiger charge is 2.17. The molecule has 0 amide bonds. The Balaban J connectivity index is 3.08. The van der Waals surface area contributed by atoms with Gasteiger partial charge < -0.3 is 14.9 Å². The second-order valence-corrected chi connectivity index (χ2v) is 6.53. The molecule has 0 spiro atoms. The van der Waals surface area contributed by atoms with Gasteiger partial charge in [0.05, 0.1) is 11.3 Å². The minimum absolute atomic E-state index is 0.346. The molecule has 0 unspecified atom stereocenters. The SMILES string of the molecule is CC(C)CN(CCN(C)C)c1ccc(Br)cc1C(=O)O. The van der Waals surface area contributed by atoms with Gasteiger partial charge in [-0.2, -0.15) is 0 Å². The molecule has 0 aliphatic carbocycles. The van der Waals surface area contributed by atoms with Crippen molar-refractivity contribution in [2.75, 3.05) is 38.6 Å². The van der Waals surface area contributed by atoms with Crippen molar-refractivity contribution in [3.8, 4) is 0 Å². The Hall–Kier alpha value is -1.07. The third-order valence-electron chi connectivity index (χ3n) is 2.93. The van der Waals surface area contributed by atoms with Crippen LogP contribution in [-0.4, -0.2) is 49.7 Å². The molecule has 1 rings (SSSR count). The highest BCUT2D eigenvalue weighted by molar-refractivity contribution is 9.10. The van der Waals surface area contributed by atoms with Gasteiger partial charge in [-0.3, -0.25) is 0 Å². The van der Waals surface area contributed by atoms with Gasteiger partial charge in [0, 0.05) is 24.1 Å². The smallest absolute Gasteiger partial charge is 0.337 e. The van der Waals surface area contributed by atoms with Crippen LogP contribution in [0.25, 0.3) is 0 Å². The molecule has 0 aliphatic heterocycles. The summed E-state index contributed by atoms with van der Waals surface area (Å²) in [6.45, 7) is 6.83. The third kappa shape index (κ3) is 5.13. The van der Waals surface area contributed by atoms with Gasteiger partial charge in [0.15, 0.2) is 0 Å². The lowest BCUT2D eigenvalue weighted by Crippen LogP contribution is -2.35. The Morgan fingerprint density at radius 2 is 1.95 bits per heavy atom. The first-order valence-corrected chi connectivity index (χ1v) is 7.53. The molecule has 0 heterocycles. The van der Waals surface area contributed by atoms with Gasteiger partial charge in [-0.25, -0.2) is 4.79 Å². The zero-order valence-corrected chi connectivity index (χ0v) is 14.1. The van der Waals surface area contributed by atoms with Crippen LogP contribution in [0.1, 0.15) is 24.2 Å². The van der Waals surface area contributed by atoms with Gasteiger partial charge in [-0.1, -0.05) is 29.8 Å². The number of hydrogen-bond donors (Lipinski definition) is 1. The van der Waals surface area contributed by atoms with E-state index in [4.69, 9.17) is 0 Å². The molecule has 0 aliphatic rings. The van der Waals surface area contributed by atoms with Crippen molar-refractivity contribution >= 4 is 27.6 Å². The number of halogens is 1. The number of likely N-dealkylation sites (N-methyl/N-ethyl adjacent to an activating group) is 1. The van der Waals surface area contributed by atoms with Crippen LogP contribution in [0.15, 0.2) is 22.7 Å². The molecule has 0 saturated carbocycles. The lowest BCUT2D eigenvalue weighted by atomic mass is 10.1. The first-order chi connectivity index (χ1) is 9.31. The average Bonchev–Trinajstić information content (AvgIpc) is 2.33. The number of carbonyl (C=O) groups is 1. The van der Waals surface area contributed by atoms with Crippen LogP contribution in [0.2, 0.25) is 0 Å². The van der Waals surface area contributed by atoms with Gasteiger partial charge in [-0.15, -0.1) is 0 Å². The normalized spacial score (nSPS) is 11.2. The predicted molar refractivity (Wildman–Crippen MR) is 86.7 cm³/mol. The number of carboxylic acid groups (broad SMARTS) is 1. The van der Waals surface area contributed by atoms with Crippen molar-refractivity contribution in [2.24, 2.45) is 5.92 Å². The maximum absolute atomic E-state index is 11.4. The van der Waals surface area contributed by atoms with E-state index in [0.717, 1.165) is 29.8 Å². The first-order valence-electron chi connectivity index (χ1n) is 6.73. The van der Waals surface area contributed by atoms with Gasteiger partial charge in [0.1, 0.15) is 0 Å². The Morgan fingerprint density at radius 3 is 2.45 bits per heavy atom. The van der Waals surface area contributed by atoms with Crippen LogP contribution in [-0.2, 0) is 0 Å². The summed E-state index contributed by atoms with van der Waals surface area (Å²) < 4.78 is 0.788. The topological polar surface area (TPSA) is 43.8 Å². The van der Waals surface area contributed by atoms with Gasteiger partial charge in [-0.05, 0) is 38.2 Å². The monoisotopic (exact) mass is 342 g/mol. The molecule has 1 N–H and O–H groups in total. The van der Waals surface area contributed by atoms with Crippen LogP contribution >= 0.6 is 15.9 Å². The fraction of sp³-hybridized carbons (Fsp3) is 0.533. The Labute approximate surface area is 129 Å². The van der Waals surface area contributed by atoms with Gasteiger partial charge in [0.25, 0.3) is 0 Å². The molecule has 0 saturated heterocycles. The fourth-order valence-electron chi connectivity index (χ4n) is 2.03. The molecule has 0 atom stereocenters. The van der Waals surface area contributed by atoms with E-state index in [-0.39, 0.29) is 0 Å². The van der Waals surface area contributed by atoms with Crippen LogP contribution in [0, 0.1) is 5.92 Å². The second-order valence-electron chi connectivity index (χ2n) is 5.61. The summed E-state index contributed by atoms with van der Waals surface area (Å²) in [6, 6.07) is 5.44. The molecule has 20 heavy (non-hydrogen) atoms. The molecular formula is C15H23BrN2O2. The van der Waals surface area contributed by atoms with E-state index >= 15 is 0 Å². The van der Waals surface area contributed by atoms with Gasteiger partial charge >= 0.3 is 5.97 Å². The third-order valence-corrected chi connectivity index (χ3v) is 3.43. The molecule has 4 nitrogen and oxygen atoms in total. The summed E-state index contributed by atoms with van der Waals surface area (Å²) in [4.78, 5) is 15.7. The number of anilines is 1. The first kappa shape index (κ1) is 17.0. The van der Waals surface area contributed by atoms with E-state index in [1.807, 2.05) is 26.2 Å². The van der Waals surface area contributed by atoms with E-state index in [2.05, 4.69) is 39.6 Å². The number of hydrogen-bond acceptors (Lipinski definition) is 3. The second kappa shape index (κ2) is 7.64. The summed E-state index contributed by atoms with van der Waals surface area (Å²) >= 11 is 3.34. The minimum atomic E-state index is -0.889. The fourth-order valence-corrected chi connectivity index (χ4v) is 2.39. The number of aromatic carboxylic acids is 1. The molecule has 1 aromatic carbocycles. The van der Waals surface area contributed by atoms with Crippen molar-refractivity contribution in [1.29, 1.82) is 0 Å². The highest BCUT2D eigenvalue weighted by Crippen LogP contribution is 2.25. The van der Waals surface area contributed by atoms with E-state index < -0.39 is 5.97 Å². The highest BCUT2D eigenvalue weighted by atomic mass is 79.9. The maximum atomic E-state index is 11.4. The van der Waals surface area contributed by atoms with E-state index in [1.54, 1.807) is 6.07 Å². The van der Waals surface area contributed by atoms with Crippen molar-refractivity contribution in [1.82, 2.24) is 4.90 Å². The quantitative estimate of drug-likeness (QED) is 0.826. The number of carboxylic acids is 1. The molecule has 5 heteroatoms. The van der Waals surface area contributed by atoms with Crippen LogP contribution < -0.4 is 4.90 Å². The number of nitrogens with zero attached hydrogens (tertiary/aromatic N) is 2. The number of rotatable bonds is 7. The molecule has 0 aromatic heterocycles. The average molecular weight is 343 g/mol. The molecule has 0 fully saturated rings. The summed E-state index contributed by atoms with van der Waals surface area (Å²) in [5.74, 6) is -0.414. The molecule has 0 radical (unpaired) electrons. The Kier molecular flexibility index (Phi) is 6.49. The molecular weight excluding hydrogens is 320 g/mol. The van der Waals surface area contributed by atoms with E-state index in [1.165, 1.54) is 0 Å². The maximum Gasteiger partial charge on any atom is 0.337 e. The summed E-state index contributed by atoms with van der Waals surface area (Å²) in [5, 5.41) is 9.39. The standard InChI is InChI=1S/C15H23BrN2O2/c1-11(2)10-18(8-7-17(3)4)14-6-5-12(16)9-13(14)15(19)20/h5-6,9,11H,7-8,10H2,1-4H3,(H,19,20). The van der Waals surface area contributed by atoms with Crippen LogP contribution in [0.3, 0.4) is 0 Å². The Bertz CT molecular complexity index is 461. The molecule has 1 aromatic rings. The summed E-state index contributed by atoms with van der Waals surface area (Å²) in [6.07, 6.45) is 0. The van der Waals surface area contributed by atoms with Crippen LogP contribution in [0.5, 0.6) is 0 Å².